The van der Waals surface area contributed by atoms with Crippen LogP contribution in [0.1, 0.15) is 21.6 Å². The second kappa shape index (κ2) is 6.89. The van der Waals surface area contributed by atoms with Crippen molar-refractivity contribution >= 4 is 17.4 Å². The first-order valence-corrected chi connectivity index (χ1v) is 8.22. The molecule has 0 atom stereocenters. The van der Waals surface area contributed by atoms with Crippen molar-refractivity contribution in [2.75, 3.05) is 5.01 Å². The SMILES string of the molecule is O=C(NCc1ccc(C(F)(F)F)cc1)c1nc2ccccn2c1N1C=CON1. The molecule has 1 aliphatic rings. The summed E-state index contributed by atoms with van der Waals surface area (Å²) in [4.78, 5) is 22.0. The van der Waals surface area contributed by atoms with E-state index in [-0.39, 0.29) is 12.2 Å². The van der Waals surface area contributed by atoms with Crippen molar-refractivity contribution in [1.29, 1.82) is 0 Å². The van der Waals surface area contributed by atoms with E-state index in [9.17, 15) is 18.0 Å². The lowest BCUT2D eigenvalue weighted by Gasteiger charge is -2.15. The molecule has 1 aliphatic heterocycles. The number of carbonyl (C=O) groups excluding carboxylic acids is 1. The Labute approximate surface area is 157 Å². The van der Waals surface area contributed by atoms with Crippen molar-refractivity contribution in [3.8, 4) is 0 Å². The number of hydrogen-bond acceptors (Lipinski definition) is 5. The van der Waals surface area contributed by atoms with Crippen LogP contribution in [0.15, 0.2) is 61.1 Å². The molecule has 3 aromatic rings. The summed E-state index contributed by atoms with van der Waals surface area (Å²) in [5.41, 5.74) is 3.11. The van der Waals surface area contributed by atoms with Crippen LogP contribution in [0.2, 0.25) is 0 Å². The van der Waals surface area contributed by atoms with E-state index in [0.29, 0.717) is 17.0 Å². The third kappa shape index (κ3) is 3.37. The number of benzene rings is 1. The van der Waals surface area contributed by atoms with Crippen LogP contribution < -0.4 is 15.9 Å². The minimum absolute atomic E-state index is 0.0596. The number of hydrogen-bond donors (Lipinski definition) is 2. The van der Waals surface area contributed by atoms with Gasteiger partial charge < -0.3 is 10.2 Å². The molecule has 2 aromatic heterocycles. The van der Waals surface area contributed by atoms with Crippen LogP contribution in [0.4, 0.5) is 19.0 Å². The number of halogens is 3. The predicted octanol–water partition coefficient (Wildman–Crippen LogP) is 3.01. The van der Waals surface area contributed by atoms with Gasteiger partial charge in [-0.05, 0) is 29.8 Å². The Kier molecular flexibility index (Phi) is 4.40. The number of nitrogens with zero attached hydrogens (tertiary/aromatic N) is 3. The number of carbonyl (C=O) groups is 1. The summed E-state index contributed by atoms with van der Waals surface area (Å²) in [5.74, 6) is -0.0324. The monoisotopic (exact) mass is 389 g/mol. The third-order valence-corrected chi connectivity index (χ3v) is 4.11. The molecule has 0 radical (unpaired) electrons. The standard InChI is InChI=1S/C18H14F3N5O2/c19-18(20,21)13-6-4-12(5-7-13)11-22-16(27)15-17(26-9-10-28-24-26)25-8-2-1-3-14(25)23-15/h1-10,24H,11H2,(H,22,27). The molecule has 144 valence electrons. The van der Waals surface area contributed by atoms with Gasteiger partial charge in [0.05, 0.1) is 11.8 Å². The van der Waals surface area contributed by atoms with Gasteiger partial charge in [0.1, 0.15) is 11.9 Å². The number of nitrogens with one attached hydrogen (secondary N) is 2. The van der Waals surface area contributed by atoms with Crippen LogP contribution in [-0.4, -0.2) is 15.3 Å². The lowest BCUT2D eigenvalue weighted by molar-refractivity contribution is -0.137. The van der Waals surface area contributed by atoms with Gasteiger partial charge in [-0.15, -0.1) is 0 Å². The van der Waals surface area contributed by atoms with Gasteiger partial charge in [-0.3, -0.25) is 9.20 Å². The van der Waals surface area contributed by atoms with Crippen molar-refractivity contribution in [3.05, 3.63) is 77.9 Å². The topological polar surface area (TPSA) is 70.9 Å². The Balaban J connectivity index is 1.56. The second-order valence-corrected chi connectivity index (χ2v) is 5.95. The van der Waals surface area contributed by atoms with E-state index in [0.717, 1.165) is 12.1 Å². The molecule has 28 heavy (non-hydrogen) atoms. The molecule has 1 amide bonds. The van der Waals surface area contributed by atoms with Crippen molar-refractivity contribution in [3.63, 3.8) is 0 Å². The fraction of sp³-hybridized carbons (Fsp3) is 0.111. The summed E-state index contributed by atoms with van der Waals surface area (Å²) in [6.45, 7) is 0.0596. The predicted molar refractivity (Wildman–Crippen MR) is 93.6 cm³/mol. The maximum atomic E-state index is 12.7. The van der Waals surface area contributed by atoms with Gasteiger partial charge in [-0.1, -0.05) is 23.8 Å². The fourth-order valence-corrected chi connectivity index (χ4v) is 2.77. The molecular formula is C18H14F3N5O2. The quantitative estimate of drug-likeness (QED) is 0.718. The number of anilines is 1. The number of amides is 1. The molecule has 7 nitrogen and oxygen atoms in total. The summed E-state index contributed by atoms with van der Waals surface area (Å²) in [5, 5.41) is 4.18. The molecular weight excluding hydrogens is 375 g/mol. The molecule has 0 saturated heterocycles. The second-order valence-electron chi connectivity index (χ2n) is 5.95. The van der Waals surface area contributed by atoms with E-state index in [2.05, 4.69) is 15.9 Å². The third-order valence-electron chi connectivity index (χ3n) is 4.11. The van der Waals surface area contributed by atoms with Gasteiger partial charge in [0.2, 0.25) is 0 Å². The smallest absolute Gasteiger partial charge is 0.395 e. The minimum atomic E-state index is -4.40. The molecule has 1 aromatic carbocycles. The zero-order chi connectivity index (χ0) is 19.7. The van der Waals surface area contributed by atoms with Gasteiger partial charge in [0.15, 0.2) is 11.5 Å². The lowest BCUT2D eigenvalue weighted by Crippen LogP contribution is -2.32. The molecule has 0 aliphatic carbocycles. The molecule has 2 N–H and O–H groups in total. The molecule has 3 heterocycles. The van der Waals surface area contributed by atoms with Crippen molar-refractivity contribution < 1.29 is 22.8 Å². The highest BCUT2D eigenvalue weighted by atomic mass is 19.4. The zero-order valence-corrected chi connectivity index (χ0v) is 14.3. The average Bonchev–Trinajstić information content (AvgIpc) is 3.33. The van der Waals surface area contributed by atoms with Crippen LogP contribution in [-0.2, 0) is 17.6 Å². The van der Waals surface area contributed by atoms with Gasteiger partial charge >= 0.3 is 6.18 Å². The summed E-state index contributed by atoms with van der Waals surface area (Å²) < 4.78 is 39.6. The Hall–Kier alpha value is -3.53. The molecule has 10 heteroatoms. The van der Waals surface area contributed by atoms with E-state index >= 15 is 0 Å². The van der Waals surface area contributed by atoms with Crippen molar-refractivity contribution in [2.24, 2.45) is 0 Å². The van der Waals surface area contributed by atoms with E-state index in [1.54, 1.807) is 35.0 Å². The first-order valence-electron chi connectivity index (χ1n) is 8.22. The first kappa shape index (κ1) is 17.9. The Morgan fingerprint density at radius 1 is 1.18 bits per heavy atom. The highest BCUT2D eigenvalue weighted by molar-refractivity contribution is 5.98. The number of aromatic nitrogens is 2. The van der Waals surface area contributed by atoms with E-state index in [1.807, 2.05) is 0 Å². The Morgan fingerprint density at radius 3 is 2.64 bits per heavy atom. The summed E-state index contributed by atoms with van der Waals surface area (Å²) in [7, 11) is 0. The normalized spacial score (nSPS) is 13.8. The minimum Gasteiger partial charge on any atom is -0.395 e. The van der Waals surface area contributed by atoms with Crippen LogP contribution in [0.25, 0.3) is 5.65 Å². The number of imidazole rings is 1. The maximum absolute atomic E-state index is 12.7. The van der Waals surface area contributed by atoms with Crippen molar-refractivity contribution in [1.82, 2.24) is 20.3 Å². The zero-order valence-electron chi connectivity index (χ0n) is 14.3. The van der Waals surface area contributed by atoms with Crippen LogP contribution in [0.3, 0.4) is 0 Å². The molecule has 0 unspecified atom stereocenters. The summed E-state index contributed by atoms with van der Waals surface area (Å²) >= 11 is 0. The van der Waals surface area contributed by atoms with Crippen LogP contribution in [0, 0.1) is 0 Å². The van der Waals surface area contributed by atoms with Crippen LogP contribution >= 0.6 is 0 Å². The van der Waals surface area contributed by atoms with Gasteiger partial charge in [-0.25, -0.2) is 9.99 Å². The number of alkyl halides is 3. The Bertz CT molecular complexity index is 1040. The number of fused-ring (bicyclic) bond motifs is 1. The highest BCUT2D eigenvalue weighted by Gasteiger charge is 2.30. The lowest BCUT2D eigenvalue weighted by atomic mass is 10.1. The molecule has 0 bridgehead atoms. The molecule has 0 fully saturated rings. The molecule has 0 saturated carbocycles. The van der Waals surface area contributed by atoms with Gasteiger partial charge in [0, 0.05) is 12.7 Å². The maximum Gasteiger partial charge on any atom is 0.416 e. The molecule has 4 rings (SSSR count). The van der Waals surface area contributed by atoms with E-state index < -0.39 is 17.6 Å². The summed E-state index contributed by atoms with van der Waals surface area (Å²) in [6, 6.07) is 9.94. The summed E-state index contributed by atoms with van der Waals surface area (Å²) in [6.07, 6.45) is 0.346. The largest absolute Gasteiger partial charge is 0.416 e. The number of hydrazine groups is 1. The van der Waals surface area contributed by atoms with Gasteiger partial charge in [-0.2, -0.15) is 13.2 Å². The van der Waals surface area contributed by atoms with E-state index in [1.165, 1.54) is 23.4 Å². The Morgan fingerprint density at radius 2 is 1.96 bits per heavy atom. The number of pyridine rings is 1. The number of rotatable bonds is 4. The molecule has 0 spiro atoms. The fourth-order valence-electron chi connectivity index (χ4n) is 2.77. The van der Waals surface area contributed by atoms with E-state index in [4.69, 9.17) is 4.84 Å². The van der Waals surface area contributed by atoms with Crippen LogP contribution in [0.5, 0.6) is 0 Å². The van der Waals surface area contributed by atoms with Gasteiger partial charge in [0.25, 0.3) is 5.91 Å². The van der Waals surface area contributed by atoms with Crippen molar-refractivity contribution in [2.45, 2.75) is 12.7 Å². The average molecular weight is 389 g/mol. The highest BCUT2D eigenvalue weighted by Crippen LogP contribution is 2.29. The first-order chi connectivity index (χ1) is 13.4.